The van der Waals surface area contributed by atoms with Gasteiger partial charge in [0.1, 0.15) is 17.3 Å². The van der Waals surface area contributed by atoms with Gasteiger partial charge in [-0.1, -0.05) is 6.07 Å². The monoisotopic (exact) mass is 444 g/mol. The lowest BCUT2D eigenvalue weighted by Gasteiger charge is -2.14. The molecule has 3 aromatic heterocycles. The molecule has 0 saturated heterocycles. The first-order chi connectivity index (χ1) is 15.2. The summed E-state index contributed by atoms with van der Waals surface area (Å²) in [5.74, 6) is -0.838. The molecule has 4 rings (SSSR count). The maximum atomic E-state index is 13.2. The molecule has 2 amide bonds. The van der Waals surface area contributed by atoms with Crippen LogP contribution in [0, 0.1) is 12.7 Å². The molecular weight excluding hydrogens is 428 g/mol. The predicted molar refractivity (Wildman–Crippen MR) is 109 cm³/mol. The number of carbonyl (C=O) groups is 1. The van der Waals surface area contributed by atoms with Gasteiger partial charge in [-0.15, -0.1) is 0 Å². The van der Waals surface area contributed by atoms with E-state index in [0.29, 0.717) is 17.3 Å². The maximum absolute atomic E-state index is 13.2. The molecule has 0 spiro atoms. The number of aromatic amines is 1. The molecule has 1 aromatic carbocycles. The van der Waals surface area contributed by atoms with Gasteiger partial charge < -0.3 is 5.32 Å². The number of nitrogens with one attached hydrogen (secondary N) is 3. The van der Waals surface area contributed by atoms with E-state index in [1.807, 2.05) is 19.1 Å². The Morgan fingerprint density at radius 2 is 1.94 bits per heavy atom. The SMILES string of the molecule is Cc1cc(-c2n[nH]c3cc(NC(=O)NCc4ccc(F)cc4C(F)(F)F)ncc23)ccn1. The fourth-order valence-electron chi connectivity index (χ4n) is 3.20. The van der Waals surface area contributed by atoms with E-state index in [1.165, 1.54) is 6.20 Å². The Morgan fingerprint density at radius 1 is 1.12 bits per heavy atom. The number of carbonyl (C=O) groups excluding carboxylic acids is 1. The van der Waals surface area contributed by atoms with E-state index >= 15 is 0 Å². The van der Waals surface area contributed by atoms with Gasteiger partial charge in [-0.3, -0.25) is 15.4 Å². The highest BCUT2D eigenvalue weighted by molar-refractivity contribution is 5.95. The van der Waals surface area contributed by atoms with E-state index in [4.69, 9.17) is 0 Å². The summed E-state index contributed by atoms with van der Waals surface area (Å²) in [4.78, 5) is 20.5. The van der Waals surface area contributed by atoms with Crippen LogP contribution >= 0.6 is 0 Å². The minimum Gasteiger partial charge on any atom is -0.334 e. The molecule has 0 aliphatic carbocycles. The van der Waals surface area contributed by atoms with Crippen LogP contribution in [0.15, 0.2) is 48.8 Å². The molecule has 0 bridgehead atoms. The first-order valence-corrected chi connectivity index (χ1v) is 9.38. The molecule has 0 aliphatic heterocycles. The highest BCUT2D eigenvalue weighted by Gasteiger charge is 2.33. The van der Waals surface area contributed by atoms with Gasteiger partial charge in [0.2, 0.25) is 0 Å². The van der Waals surface area contributed by atoms with Crippen molar-refractivity contribution in [3.63, 3.8) is 0 Å². The van der Waals surface area contributed by atoms with Crippen molar-refractivity contribution in [3.8, 4) is 11.3 Å². The summed E-state index contributed by atoms with van der Waals surface area (Å²) in [6.45, 7) is 1.42. The number of anilines is 1. The average Bonchev–Trinajstić information content (AvgIpc) is 3.15. The van der Waals surface area contributed by atoms with Crippen LogP contribution in [0.5, 0.6) is 0 Å². The summed E-state index contributed by atoms with van der Waals surface area (Å²) in [5, 5.41) is 12.7. The first kappa shape index (κ1) is 21.2. The Hall–Kier alpha value is -4.02. The Labute approximate surface area is 178 Å². The number of benzene rings is 1. The Bertz CT molecular complexity index is 1300. The van der Waals surface area contributed by atoms with Crippen LogP contribution in [-0.2, 0) is 12.7 Å². The lowest BCUT2D eigenvalue weighted by atomic mass is 10.1. The van der Waals surface area contributed by atoms with Crippen molar-refractivity contribution in [3.05, 3.63) is 71.4 Å². The van der Waals surface area contributed by atoms with Crippen molar-refractivity contribution >= 4 is 22.8 Å². The number of rotatable bonds is 4. The van der Waals surface area contributed by atoms with Gasteiger partial charge in [-0.05, 0) is 36.8 Å². The number of halogens is 4. The van der Waals surface area contributed by atoms with Crippen LogP contribution in [0.25, 0.3) is 22.2 Å². The lowest BCUT2D eigenvalue weighted by molar-refractivity contribution is -0.138. The summed E-state index contributed by atoms with van der Waals surface area (Å²) in [6.07, 6.45) is -1.54. The number of aryl methyl sites for hydroxylation is 1. The summed E-state index contributed by atoms with van der Waals surface area (Å²) in [7, 11) is 0. The quantitative estimate of drug-likeness (QED) is 0.394. The molecule has 0 fully saturated rings. The van der Waals surface area contributed by atoms with E-state index in [1.54, 1.807) is 12.3 Å². The second-order valence-electron chi connectivity index (χ2n) is 6.98. The van der Waals surface area contributed by atoms with Gasteiger partial charge in [0.25, 0.3) is 0 Å². The van der Waals surface area contributed by atoms with Gasteiger partial charge in [0.05, 0.1) is 11.1 Å². The van der Waals surface area contributed by atoms with Crippen LogP contribution < -0.4 is 10.6 Å². The summed E-state index contributed by atoms with van der Waals surface area (Å²) >= 11 is 0. The molecule has 3 N–H and O–H groups in total. The smallest absolute Gasteiger partial charge is 0.334 e. The third-order valence-corrected chi connectivity index (χ3v) is 4.68. The van der Waals surface area contributed by atoms with E-state index in [0.717, 1.165) is 28.8 Å². The molecular formula is C21H16F4N6O. The Morgan fingerprint density at radius 3 is 2.69 bits per heavy atom. The van der Waals surface area contributed by atoms with Crippen molar-refractivity contribution in [2.45, 2.75) is 19.6 Å². The van der Waals surface area contributed by atoms with Crippen molar-refractivity contribution in [1.29, 1.82) is 0 Å². The number of aromatic nitrogens is 4. The molecule has 0 atom stereocenters. The normalized spacial score (nSPS) is 11.5. The largest absolute Gasteiger partial charge is 0.416 e. The second kappa shape index (κ2) is 8.25. The topological polar surface area (TPSA) is 95.6 Å². The number of nitrogens with zero attached hydrogens (tertiary/aromatic N) is 3. The number of urea groups is 1. The third kappa shape index (κ3) is 4.51. The van der Waals surface area contributed by atoms with Gasteiger partial charge in [0, 0.05) is 41.6 Å². The number of pyridine rings is 2. The minimum absolute atomic E-state index is 0.172. The Balaban J connectivity index is 1.47. The van der Waals surface area contributed by atoms with Crippen LogP contribution in [0.3, 0.4) is 0 Å². The van der Waals surface area contributed by atoms with Crippen molar-refractivity contribution in [2.24, 2.45) is 0 Å². The van der Waals surface area contributed by atoms with Crippen molar-refractivity contribution in [1.82, 2.24) is 25.5 Å². The Kier molecular flexibility index (Phi) is 5.47. The zero-order chi connectivity index (χ0) is 22.9. The molecule has 4 aromatic rings. The lowest BCUT2D eigenvalue weighted by Crippen LogP contribution is -2.29. The number of H-pyrrole nitrogens is 1. The van der Waals surface area contributed by atoms with Gasteiger partial charge >= 0.3 is 12.2 Å². The fraction of sp³-hybridized carbons (Fsp3) is 0.143. The van der Waals surface area contributed by atoms with Crippen LogP contribution in [0.1, 0.15) is 16.8 Å². The average molecular weight is 444 g/mol. The van der Waals surface area contributed by atoms with Crippen LogP contribution in [0.2, 0.25) is 0 Å². The number of hydrogen-bond acceptors (Lipinski definition) is 4. The van der Waals surface area contributed by atoms with Gasteiger partial charge in [0.15, 0.2) is 0 Å². The molecule has 164 valence electrons. The van der Waals surface area contributed by atoms with Gasteiger partial charge in [-0.25, -0.2) is 14.2 Å². The summed E-state index contributed by atoms with van der Waals surface area (Å²) < 4.78 is 52.4. The van der Waals surface area contributed by atoms with Gasteiger partial charge in [-0.2, -0.15) is 18.3 Å². The number of fused-ring (bicyclic) bond motifs is 1. The molecule has 11 heteroatoms. The van der Waals surface area contributed by atoms with Crippen molar-refractivity contribution in [2.75, 3.05) is 5.32 Å². The molecule has 7 nitrogen and oxygen atoms in total. The highest BCUT2D eigenvalue weighted by atomic mass is 19.4. The summed E-state index contributed by atoms with van der Waals surface area (Å²) in [6, 6.07) is 6.75. The molecule has 3 heterocycles. The van der Waals surface area contributed by atoms with Crippen LogP contribution in [0.4, 0.5) is 28.2 Å². The van der Waals surface area contributed by atoms with Crippen molar-refractivity contribution < 1.29 is 22.4 Å². The van der Waals surface area contributed by atoms with Crippen LogP contribution in [-0.4, -0.2) is 26.2 Å². The van der Waals surface area contributed by atoms with E-state index in [-0.39, 0.29) is 11.4 Å². The fourth-order valence-corrected chi connectivity index (χ4v) is 3.20. The number of hydrogen-bond donors (Lipinski definition) is 3. The van der Waals surface area contributed by atoms with E-state index in [9.17, 15) is 22.4 Å². The molecule has 0 saturated carbocycles. The zero-order valence-electron chi connectivity index (χ0n) is 16.6. The predicted octanol–water partition coefficient (Wildman–Crippen LogP) is 4.81. The highest BCUT2D eigenvalue weighted by Crippen LogP contribution is 2.32. The van der Waals surface area contributed by atoms with E-state index in [2.05, 4.69) is 30.8 Å². The summed E-state index contributed by atoms with van der Waals surface area (Å²) in [5.41, 5.74) is 1.56. The maximum Gasteiger partial charge on any atom is 0.416 e. The molecule has 0 aliphatic rings. The second-order valence-corrected chi connectivity index (χ2v) is 6.98. The number of alkyl halides is 3. The zero-order valence-corrected chi connectivity index (χ0v) is 16.6. The minimum atomic E-state index is -4.74. The molecule has 32 heavy (non-hydrogen) atoms. The van der Waals surface area contributed by atoms with E-state index < -0.39 is 30.1 Å². The first-order valence-electron chi connectivity index (χ1n) is 9.38. The number of amides is 2. The standard InChI is InChI=1S/C21H16F4N6O/c1-11-6-12(4-5-26-11)19-15-10-27-18(8-17(15)30-31-19)29-20(32)28-9-13-2-3-14(22)7-16(13)21(23,24)25/h2-8,10H,9H2,1H3,(H,30,31)(H2,27,28,29,32). The third-order valence-electron chi connectivity index (χ3n) is 4.68. The molecule has 0 radical (unpaired) electrons. The molecule has 0 unspecified atom stereocenters.